The maximum Gasteiger partial charge on any atom is 0.513 e. The highest BCUT2D eigenvalue weighted by atomic mass is 16.7. The Hall–Kier alpha value is -3.34. The second-order valence-corrected chi connectivity index (χ2v) is 9.32. The second kappa shape index (κ2) is 18.8. The first-order valence-corrected chi connectivity index (χ1v) is 13.4. The highest BCUT2D eigenvalue weighted by molar-refractivity contribution is 5.76. The van der Waals surface area contributed by atoms with Crippen molar-refractivity contribution in [2.24, 2.45) is 11.8 Å². The molecule has 0 spiro atoms. The van der Waals surface area contributed by atoms with E-state index in [1.165, 1.54) is 19.2 Å². The number of unbranched alkanes of at least 4 members (excludes halogenated alkanes) is 2. The van der Waals surface area contributed by atoms with Crippen molar-refractivity contribution in [3.8, 4) is 11.5 Å². The van der Waals surface area contributed by atoms with Crippen LogP contribution in [0.25, 0.3) is 0 Å². The summed E-state index contributed by atoms with van der Waals surface area (Å²) in [7, 11) is 1.27. The highest BCUT2D eigenvalue weighted by Crippen LogP contribution is 2.30. The molecule has 1 rings (SSSR count). The van der Waals surface area contributed by atoms with E-state index in [2.05, 4.69) is 5.32 Å². The van der Waals surface area contributed by atoms with Crippen LogP contribution in [0.4, 0.5) is 9.59 Å². The number of benzene rings is 1. The van der Waals surface area contributed by atoms with E-state index < -0.39 is 24.3 Å². The standard InChI is InChI=1S/C28H43NO10/c1-7-9-14-36-27(32)38-23-12-11-21(18-24(23)39-28(33)37-15-10-8-2)17-22(26(31)34-6)29-13-16-35-25(30)20(5)19(3)4/h11-12,18-20,22,29H,7-10,13-17H2,1-6H3/t20?,22-/m0/s1. The minimum atomic E-state index is -0.954. The molecule has 11 nitrogen and oxygen atoms in total. The van der Waals surface area contributed by atoms with E-state index in [0.29, 0.717) is 18.4 Å². The fraction of sp³-hybridized carbons (Fsp3) is 0.643. The molecule has 1 aromatic carbocycles. The Labute approximate surface area is 230 Å². The maximum absolute atomic E-state index is 12.4. The third-order valence-electron chi connectivity index (χ3n) is 5.86. The van der Waals surface area contributed by atoms with E-state index in [0.717, 1.165) is 12.8 Å². The predicted octanol–water partition coefficient (Wildman–Crippen LogP) is 4.83. The van der Waals surface area contributed by atoms with Crippen molar-refractivity contribution in [2.45, 2.75) is 72.8 Å². The molecule has 0 radical (unpaired) electrons. The van der Waals surface area contributed by atoms with Gasteiger partial charge in [0.1, 0.15) is 12.6 Å². The van der Waals surface area contributed by atoms with Crippen molar-refractivity contribution in [3.63, 3.8) is 0 Å². The number of carbonyl (C=O) groups excluding carboxylic acids is 4. The van der Waals surface area contributed by atoms with Crippen molar-refractivity contribution < 1.29 is 47.6 Å². The molecule has 11 heteroatoms. The predicted molar refractivity (Wildman–Crippen MR) is 143 cm³/mol. The van der Waals surface area contributed by atoms with Gasteiger partial charge in [-0.15, -0.1) is 0 Å². The smallest absolute Gasteiger partial charge is 0.468 e. The summed E-state index contributed by atoms with van der Waals surface area (Å²) < 4.78 is 30.8. The third-order valence-corrected chi connectivity index (χ3v) is 5.86. The average Bonchev–Trinajstić information content (AvgIpc) is 2.90. The van der Waals surface area contributed by atoms with Crippen LogP contribution in [0.15, 0.2) is 18.2 Å². The quantitative estimate of drug-likeness (QED) is 0.123. The van der Waals surface area contributed by atoms with Crippen LogP contribution in [-0.2, 0) is 35.0 Å². The van der Waals surface area contributed by atoms with Gasteiger partial charge in [-0.05, 0) is 42.9 Å². The Bertz CT molecular complexity index is 918. The number of rotatable bonds is 17. The lowest BCUT2D eigenvalue weighted by atomic mass is 9.99. The average molecular weight is 554 g/mol. The van der Waals surface area contributed by atoms with Gasteiger partial charge in [0.15, 0.2) is 11.5 Å². The topological polar surface area (TPSA) is 136 Å². The summed E-state index contributed by atoms with van der Waals surface area (Å²) >= 11 is 0. The first-order chi connectivity index (χ1) is 18.6. The van der Waals surface area contributed by atoms with E-state index in [1.807, 2.05) is 27.7 Å². The highest BCUT2D eigenvalue weighted by Gasteiger charge is 2.23. The molecule has 0 saturated carbocycles. The van der Waals surface area contributed by atoms with Gasteiger partial charge in [0.05, 0.1) is 26.2 Å². The first-order valence-electron chi connectivity index (χ1n) is 13.4. The van der Waals surface area contributed by atoms with Gasteiger partial charge in [-0.1, -0.05) is 53.5 Å². The van der Waals surface area contributed by atoms with Crippen LogP contribution in [0.2, 0.25) is 0 Å². The Kier molecular flexibility index (Phi) is 16.3. The third kappa shape index (κ3) is 13.3. The van der Waals surface area contributed by atoms with Gasteiger partial charge in [-0.25, -0.2) is 9.59 Å². The summed E-state index contributed by atoms with van der Waals surface area (Å²) in [5, 5.41) is 3.02. The molecule has 2 atom stereocenters. The molecule has 220 valence electrons. The molecule has 1 N–H and O–H groups in total. The zero-order valence-corrected chi connectivity index (χ0v) is 23.9. The Morgan fingerprint density at radius 3 is 1.92 bits per heavy atom. The summed E-state index contributed by atoms with van der Waals surface area (Å²) in [5.74, 6) is -1.03. The minimum Gasteiger partial charge on any atom is -0.468 e. The van der Waals surface area contributed by atoms with Gasteiger partial charge < -0.3 is 33.7 Å². The van der Waals surface area contributed by atoms with E-state index in [1.54, 1.807) is 13.0 Å². The summed E-state index contributed by atoms with van der Waals surface area (Å²) in [4.78, 5) is 48.7. The van der Waals surface area contributed by atoms with Gasteiger partial charge in [0, 0.05) is 6.54 Å². The van der Waals surface area contributed by atoms with Gasteiger partial charge in [-0.3, -0.25) is 9.59 Å². The van der Waals surface area contributed by atoms with Crippen LogP contribution in [-0.4, -0.2) is 63.8 Å². The molecule has 0 amide bonds. The van der Waals surface area contributed by atoms with Gasteiger partial charge >= 0.3 is 24.2 Å². The molecule has 1 aromatic rings. The van der Waals surface area contributed by atoms with Crippen LogP contribution >= 0.6 is 0 Å². The van der Waals surface area contributed by atoms with Crippen molar-refractivity contribution in [2.75, 3.05) is 33.5 Å². The fourth-order valence-corrected chi connectivity index (χ4v) is 3.09. The lowest BCUT2D eigenvalue weighted by Gasteiger charge is -2.19. The van der Waals surface area contributed by atoms with Crippen molar-refractivity contribution in [1.82, 2.24) is 5.32 Å². The van der Waals surface area contributed by atoms with Gasteiger partial charge in [0.25, 0.3) is 0 Å². The summed E-state index contributed by atoms with van der Waals surface area (Å²) in [5.41, 5.74) is 0.575. The number of hydrogen-bond donors (Lipinski definition) is 1. The molecular weight excluding hydrogens is 510 g/mol. The largest absolute Gasteiger partial charge is 0.513 e. The van der Waals surface area contributed by atoms with Gasteiger partial charge in [-0.2, -0.15) is 0 Å². The molecule has 0 saturated heterocycles. The zero-order chi connectivity index (χ0) is 29.2. The number of carbonyl (C=O) groups is 4. The monoisotopic (exact) mass is 553 g/mol. The molecular formula is C28H43NO10. The fourth-order valence-electron chi connectivity index (χ4n) is 3.09. The molecule has 0 fully saturated rings. The van der Waals surface area contributed by atoms with E-state index in [9.17, 15) is 19.2 Å². The van der Waals surface area contributed by atoms with Crippen molar-refractivity contribution >= 4 is 24.2 Å². The summed E-state index contributed by atoms with van der Waals surface area (Å²) in [6.45, 7) is 10.3. The van der Waals surface area contributed by atoms with Crippen LogP contribution in [0.1, 0.15) is 65.9 Å². The van der Waals surface area contributed by atoms with Crippen LogP contribution in [0.5, 0.6) is 11.5 Å². The normalized spacial score (nSPS) is 12.3. The maximum atomic E-state index is 12.4. The molecule has 39 heavy (non-hydrogen) atoms. The number of esters is 2. The molecule has 0 aliphatic heterocycles. The van der Waals surface area contributed by atoms with Crippen LogP contribution < -0.4 is 14.8 Å². The number of methoxy groups -OCH3 is 1. The number of nitrogens with one attached hydrogen (secondary N) is 1. The lowest BCUT2D eigenvalue weighted by Crippen LogP contribution is -2.41. The van der Waals surface area contributed by atoms with Crippen molar-refractivity contribution in [1.29, 1.82) is 0 Å². The van der Waals surface area contributed by atoms with Crippen LogP contribution in [0.3, 0.4) is 0 Å². The van der Waals surface area contributed by atoms with Crippen LogP contribution in [0, 0.1) is 11.8 Å². The summed E-state index contributed by atoms with van der Waals surface area (Å²) in [6, 6.07) is 3.74. The molecule has 0 aliphatic carbocycles. The Morgan fingerprint density at radius 2 is 1.38 bits per heavy atom. The van der Waals surface area contributed by atoms with Crippen molar-refractivity contribution in [3.05, 3.63) is 23.8 Å². The molecule has 0 aromatic heterocycles. The SMILES string of the molecule is CCCCOC(=O)Oc1ccc(C[C@H](NCCOC(=O)C(C)C(C)C)C(=O)OC)cc1OC(=O)OCCCC. The molecule has 0 aliphatic rings. The first kappa shape index (κ1) is 33.7. The summed E-state index contributed by atoms with van der Waals surface area (Å²) in [6.07, 6.45) is 1.28. The van der Waals surface area contributed by atoms with Gasteiger partial charge in [0.2, 0.25) is 0 Å². The number of hydrogen-bond acceptors (Lipinski definition) is 11. The minimum absolute atomic E-state index is 0.0403. The molecule has 1 unspecified atom stereocenters. The number of ether oxygens (including phenoxy) is 6. The lowest BCUT2D eigenvalue weighted by molar-refractivity contribution is -0.149. The Balaban J connectivity index is 2.96. The molecule has 0 heterocycles. The second-order valence-electron chi connectivity index (χ2n) is 9.32. The van der Waals surface area contributed by atoms with E-state index >= 15 is 0 Å². The zero-order valence-electron chi connectivity index (χ0n) is 23.9. The van der Waals surface area contributed by atoms with E-state index in [-0.39, 0.29) is 62.1 Å². The Morgan fingerprint density at radius 1 is 0.795 bits per heavy atom. The molecule has 0 bridgehead atoms. The van der Waals surface area contributed by atoms with E-state index in [4.69, 9.17) is 28.4 Å².